The van der Waals surface area contributed by atoms with E-state index in [1.165, 1.54) is 25.7 Å². The summed E-state index contributed by atoms with van der Waals surface area (Å²) in [5.41, 5.74) is 0.930. The van der Waals surface area contributed by atoms with Crippen LogP contribution in [0.3, 0.4) is 0 Å². The fraction of sp³-hybridized carbons (Fsp3) is 0.429. The Bertz CT molecular complexity index is 404. The molecule has 0 spiro atoms. The van der Waals surface area contributed by atoms with E-state index in [0.29, 0.717) is 10.0 Å². The lowest BCUT2D eigenvalue weighted by atomic mass is 10.1. The molecule has 0 aliphatic carbocycles. The molecule has 1 aromatic carbocycles. The summed E-state index contributed by atoms with van der Waals surface area (Å²) in [5.74, 6) is 6.26. The Hall–Kier alpha value is -0.160. The SMILES string of the molecule is Clc1ccc(C#CCCCCCCBr)cc1Cl. The van der Waals surface area contributed by atoms with Crippen LogP contribution in [0.5, 0.6) is 0 Å². The van der Waals surface area contributed by atoms with Gasteiger partial charge >= 0.3 is 0 Å². The van der Waals surface area contributed by atoms with Crippen molar-refractivity contribution in [3.8, 4) is 11.8 Å². The summed E-state index contributed by atoms with van der Waals surface area (Å²) in [4.78, 5) is 0. The average Bonchev–Trinajstić information content (AvgIpc) is 2.32. The highest BCUT2D eigenvalue weighted by atomic mass is 79.9. The summed E-state index contributed by atoms with van der Waals surface area (Å²) in [6, 6.07) is 5.48. The molecule has 1 rings (SSSR count). The first-order valence-electron chi connectivity index (χ1n) is 5.74. The van der Waals surface area contributed by atoms with Crippen LogP contribution in [0, 0.1) is 11.8 Å². The van der Waals surface area contributed by atoms with Crippen molar-refractivity contribution in [2.24, 2.45) is 0 Å². The van der Waals surface area contributed by atoms with E-state index in [2.05, 4.69) is 27.8 Å². The predicted molar refractivity (Wildman–Crippen MR) is 80.2 cm³/mol. The van der Waals surface area contributed by atoms with Gasteiger partial charge < -0.3 is 0 Å². The first kappa shape index (κ1) is 14.9. The summed E-state index contributed by atoms with van der Waals surface area (Å²) < 4.78 is 0. The quantitative estimate of drug-likeness (QED) is 0.369. The zero-order chi connectivity index (χ0) is 12.5. The third-order valence-corrected chi connectivity index (χ3v) is 3.64. The maximum absolute atomic E-state index is 5.91. The molecule has 0 radical (unpaired) electrons. The minimum absolute atomic E-state index is 0.566. The molecule has 1 aromatic rings. The van der Waals surface area contributed by atoms with Gasteiger partial charge in [0.2, 0.25) is 0 Å². The molecule has 92 valence electrons. The van der Waals surface area contributed by atoms with Crippen molar-refractivity contribution in [1.29, 1.82) is 0 Å². The van der Waals surface area contributed by atoms with E-state index >= 15 is 0 Å². The van der Waals surface area contributed by atoms with E-state index in [-0.39, 0.29) is 0 Å². The highest BCUT2D eigenvalue weighted by Gasteiger charge is 1.96. The highest BCUT2D eigenvalue weighted by Crippen LogP contribution is 2.22. The van der Waals surface area contributed by atoms with Crippen LogP contribution in [-0.4, -0.2) is 5.33 Å². The maximum Gasteiger partial charge on any atom is 0.0604 e. The Labute approximate surface area is 122 Å². The second-order valence-electron chi connectivity index (χ2n) is 3.78. The van der Waals surface area contributed by atoms with Crippen LogP contribution in [0.1, 0.15) is 37.7 Å². The van der Waals surface area contributed by atoms with Gasteiger partial charge in [-0.05, 0) is 31.0 Å². The Kier molecular flexibility index (Phi) is 7.77. The number of hydrogen-bond acceptors (Lipinski definition) is 0. The van der Waals surface area contributed by atoms with Gasteiger partial charge in [0, 0.05) is 17.3 Å². The van der Waals surface area contributed by atoms with Crippen LogP contribution in [-0.2, 0) is 0 Å². The molecule has 0 atom stereocenters. The van der Waals surface area contributed by atoms with Crippen LogP contribution in [0.2, 0.25) is 10.0 Å². The summed E-state index contributed by atoms with van der Waals surface area (Å²) >= 11 is 15.2. The summed E-state index contributed by atoms with van der Waals surface area (Å²) in [6.45, 7) is 0. The molecule has 0 aliphatic rings. The number of halogens is 3. The molecule has 0 heterocycles. The molecule has 0 N–H and O–H groups in total. The molecule has 0 saturated heterocycles. The smallest absolute Gasteiger partial charge is 0.0604 e. The molecule has 0 fully saturated rings. The standard InChI is InChI=1S/C14H15BrCl2/c15-10-6-4-2-1-3-5-7-12-8-9-13(16)14(17)11-12/h8-9,11H,1-4,6,10H2. The molecular weight excluding hydrogens is 319 g/mol. The largest absolute Gasteiger partial charge is 0.0979 e. The Morgan fingerprint density at radius 2 is 1.76 bits per heavy atom. The van der Waals surface area contributed by atoms with Crippen molar-refractivity contribution in [3.63, 3.8) is 0 Å². The van der Waals surface area contributed by atoms with Crippen LogP contribution >= 0.6 is 39.1 Å². The predicted octanol–water partition coefficient (Wildman–Crippen LogP) is 5.69. The Morgan fingerprint density at radius 1 is 1.00 bits per heavy atom. The van der Waals surface area contributed by atoms with E-state index in [1.807, 2.05) is 12.1 Å². The van der Waals surface area contributed by atoms with E-state index in [0.717, 1.165) is 17.3 Å². The second-order valence-corrected chi connectivity index (χ2v) is 5.39. The molecular formula is C14H15BrCl2. The van der Waals surface area contributed by atoms with Crippen LogP contribution in [0.25, 0.3) is 0 Å². The van der Waals surface area contributed by atoms with Gasteiger partial charge in [0.1, 0.15) is 0 Å². The molecule has 0 aliphatic heterocycles. The number of benzene rings is 1. The van der Waals surface area contributed by atoms with Gasteiger partial charge in [0.15, 0.2) is 0 Å². The zero-order valence-electron chi connectivity index (χ0n) is 9.61. The van der Waals surface area contributed by atoms with Crippen LogP contribution in [0.15, 0.2) is 18.2 Å². The van der Waals surface area contributed by atoms with Crippen LogP contribution < -0.4 is 0 Å². The number of alkyl halides is 1. The van der Waals surface area contributed by atoms with Gasteiger partial charge in [-0.3, -0.25) is 0 Å². The van der Waals surface area contributed by atoms with Crippen molar-refractivity contribution < 1.29 is 0 Å². The van der Waals surface area contributed by atoms with Gasteiger partial charge in [-0.2, -0.15) is 0 Å². The molecule has 0 aromatic heterocycles. The second kappa shape index (κ2) is 8.86. The van der Waals surface area contributed by atoms with Crippen molar-refractivity contribution in [2.45, 2.75) is 32.1 Å². The minimum Gasteiger partial charge on any atom is -0.0979 e. The molecule has 0 nitrogen and oxygen atoms in total. The fourth-order valence-corrected chi connectivity index (χ4v) is 2.09. The third-order valence-electron chi connectivity index (χ3n) is 2.34. The molecule has 3 heteroatoms. The van der Waals surface area contributed by atoms with Gasteiger partial charge in [-0.25, -0.2) is 0 Å². The monoisotopic (exact) mass is 332 g/mol. The van der Waals surface area contributed by atoms with E-state index in [1.54, 1.807) is 6.07 Å². The topological polar surface area (TPSA) is 0 Å². The van der Waals surface area contributed by atoms with Gasteiger partial charge in [0.05, 0.1) is 10.0 Å². The van der Waals surface area contributed by atoms with Gasteiger partial charge in [-0.15, -0.1) is 0 Å². The molecule has 0 unspecified atom stereocenters. The van der Waals surface area contributed by atoms with Crippen molar-refractivity contribution in [1.82, 2.24) is 0 Å². The Morgan fingerprint density at radius 3 is 2.47 bits per heavy atom. The Balaban J connectivity index is 2.31. The van der Waals surface area contributed by atoms with Crippen molar-refractivity contribution >= 4 is 39.1 Å². The summed E-state index contributed by atoms with van der Waals surface area (Å²) in [7, 11) is 0. The number of unbranched alkanes of at least 4 members (excludes halogenated alkanes) is 4. The van der Waals surface area contributed by atoms with Gasteiger partial charge in [-0.1, -0.05) is 63.8 Å². The summed E-state index contributed by atoms with van der Waals surface area (Å²) in [5, 5.41) is 2.24. The van der Waals surface area contributed by atoms with E-state index < -0.39 is 0 Å². The summed E-state index contributed by atoms with van der Waals surface area (Å²) in [6.07, 6.45) is 5.89. The lowest BCUT2D eigenvalue weighted by molar-refractivity contribution is 0.685. The van der Waals surface area contributed by atoms with Crippen LogP contribution in [0.4, 0.5) is 0 Å². The average molecular weight is 334 g/mol. The number of hydrogen-bond donors (Lipinski definition) is 0. The normalized spacial score (nSPS) is 9.82. The zero-order valence-corrected chi connectivity index (χ0v) is 12.7. The van der Waals surface area contributed by atoms with E-state index in [9.17, 15) is 0 Å². The third kappa shape index (κ3) is 6.36. The van der Waals surface area contributed by atoms with Crippen molar-refractivity contribution in [3.05, 3.63) is 33.8 Å². The number of rotatable bonds is 5. The van der Waals surface area contributed by atoms with Crippen molar-refractivity contribution in [2.75, 3.05) is 5.33 Å². The highest BCUT2D eigenvalue weighted by molar-refractivity contribution is 9.09. The first-order chi connectivity index (χ1) is 8.24. The molecule has 0 saturated carbocycles. The fourth-order valence-electron chi connectivity index (χ4n) is 1.40. The molecule has 0 amide bonds. The van der Waals surface area contributed by atoms with Gasteiger partial charge in [0.25, 0.3) is 0 Å². The van der Waals surface area contributed by atoms with E-state index in [4.69, 9.17) is 23.2 Å². The lowest BCUT2D eigenvalue weighted by Gasteiger charge is -1.96. The first-order valence-corrected chi connectivity index (χ1v) is 7.61. The molecule has 17 heavy (non-hydrogen) atoms. The molecule has 0 bridgehead atoms. The lowest BCUT2D eigenvalue weighted by Crippen LogP contribution is -1.79. The minimum atomic E-state index is 0.566. The maximum atomic E-state index is 5.91.